The summed E-state index contributed by atoms with van der Waals surface area (Å²) in [6.07, 6.45) is 2.16. The summed E-state index contributed by atoms with van der Waals surface area (Å²) < 4.78 is 16.5. The topological polar surface area (TPSA) is 115 Å². The van der Waals surface area contributed by atoms with Gasteiger partial charge < -0.3 is 19.5 Å². The second-order valence-electron chi connectivity index (χ2n) is 7.66. The molecule has 0 saturated carbocycles. The molecule has 0 unspecified atom stereocenters. The Morgan fingerprint density at radius 3 is 2.38 bits per heavy atom. The molecule has 0 aromatic heterocycles. The molecule has 0 spiro atoms. The minimum atomic E-state index is -0.540. The molecule has 0 heterocycles. The van der Waals surface area contributed by atoms with Crippen LogP contribution in [0.2, 0.25) is 0 Å². The molecule has 3 aromatic rings. The molecule has 2 amide bonds. The van der Waals surface area contributed by atoms with Crippen LogP contribution in [0.4, 0.5) is 0 Å². The first-order valence-corrected chi connectivity index (χ1v) is 12.1. The van der Waals surface area contributed by atoms with E-state index in [0.717, 1.165) is 0 Å². The molecule has 37 heavy (non-hydrogen) atoms. The third-order valence-electron chi connectivity index (χ3n) is 5.10. The van der Waals surface area contributed by atoms with Gasteiger partial charge in [-0.15, -0.1) is 0 Å². The Labute approximate surface area is 222 Å². The molecule has 0 atom stereocenters. The Morgan fingerprint density at radius 2 is 1.68 bits per heavy atom. The van der Waals surface area contributed by atoms with Gasteiger partial charge in [0.1, 0.15) is 5.75 Å². The molecule has 0 bridgehead atoms. The number of carbonyl (C=O) groups is 3. The van der Waals surface area contributed by atoms with Crippen LogP contribution in [-0.2, 0) is 4.79 Å². The standard InChI is InChI=1S/C27H26BrN3O6/c1-35-23-14-11-19(16-24(23)36-2)27(34)37-20-12-9-18(10-13-20)17-30-31-25(32)8-5-15-29-26(33)21-6-3-4-7-22(21)28/h3-4,6-7,9-14,16-17H,5,8,15H2,1-2H3,(H,29,33)(H,31,32). The molecular formula is C27H26BrN3O6. The maximum absolute atomic E-state index is 12.4. The van der Waals surface area contributed by atoms with Crippen molar-refractivity contribution in [1.29, 1.82) is 0 Å². The highest BCUT2D eigenvalue weighted by Crippen LogP contribution is 2.28. The molecule has 10 heteroatoms. The van der Waals surface area contributed by atoms with Gasteiger partial charge in [-0.05, 0) is 82.5 Å². The molecule has 0 aliphatic rings. The highest BCUT2D eigenvalue weighted by atomic mass is 79.9. The van der Waals surface area contributed by atoms with Crippen LogP contribution in [0.25, 0.3) is 0 Å². The molecule has 2 N–H and O–H groups in total. The Morgan fingerprint density at radius 1 is 0.946 bits per heavy atom. The molecule has 0 aliphatic carbocycles. The van der Waals surface area contributed by atoms with Crippen molar-refractivity contribution in [2.24, 2.45) is 5.10 Å². The fraction of sp³-hybridized carbons (Fsp3) is 0.185. The number of amides is 2. The lowest BCUT2D eigenvalue weighted by Crippen LogP contribution is -2.26. The molecule has 0 fully saturated rings. The number of nitrogens with zero attached hydrogens (tertiary/aromatic N) is 1. The van der Waals surface area contributed by atoms with Crippen LogP contribution in [0.1, 0.15) is 39.1 Å². The van der Waals surface area contributed by atoms with Crippen molar-refractivity contribution in [2.45, 2.75) is 12.8 Å². The number of benzene rings is 3. The number of methoxy groups -OCH3 is 2. The number of carbonyl (C=O) groups excluding carboxylic acids is 3. The van der Waals surface area contributed by atoms with Crippen molar-refractivity contribution < 1.29 is 28.6 Å². The van der Waals surface area contributed by atoms with Gasteiger partial charge >= 0.3 is 5.97 Å². The smallest absolute Gasteiger partial charge is 0.343 e. The van der Waals surface area contributed by atoms with Crippen LogP contribution in [-0.4, -0.2) is 44.8 Å². The predicted molar refractivity (Wildman–Crippen MR) is 142 cm³/mol. The Hall–Kier alpha value is -4.18. The zero-order valence-corrected chi connectivity index (χ0v) is 21.9. The summed E-state index contributed by atoms with van der Waals surface area (Å²) in [6.45, 7) is 0.362. The minimum Gasteiger partial charge on any atom is -0.493 e. The Balaban J connectivity index is 1.40. The van der Waals surface area contributed by atoms with Gasteiger partial charge in [-0.2, -0.15) is 5.10 Å². The number of esters is 1. The number of rotatable bonds is 11. The summed E-state index contributed by atoms with van der Waals surface area (Å²) in [4.78, 5) is 36.5. The quantitative estimate of drug-likeness (QED) is 0.117. The van der Waals surface area contributed by atoms with E-state index in [2.05, 4.69) is 31.8 Å². The van der Waals surface area contributed by atoms with Gasteiger partial charge in [-0.25, -0.2) is 10.2 Å². The number of halogens is 1. The lowest BCUT2D eigenvalue weighted by molar-refractivity contribution is -0.121. The van der Waals surface area contributed by atoms with Gasteiger partial charge in [-0.1, -0.05) is 12.1 Å². The van der Waals surface area contributed by atoms with Crippen LogP contribution in [0.5, 0.6) is 17.2 Å². The van der Waals surface area contributed by atoms with Crippen molar-refractivity contribution >= 4 is 39.9 Å². The minimum absolute atomic E-state index is 0.205. The van der Waals surface area contributed by atoms with Gasteiger partial charge in [0.05, 0.1) is 31.6 Å². The van der Waals surface area contributed by atoms with Crippen molar-refractivity contribution in [3.05, 3.63) is 87.9 Å². The molecule has 9 nitrogen and oxygen atoms in total. The number of hydrogen-bond donors (Lipinski definition) is 2. The first-order chi connectivity index (χ1) is 17.9. The van der Waals surface area contributed by atoms with E-state index >= 15 is 0 Å². The second-order valence-corrected chi connectivity index (χ2v) is 8.52. The van der Waals surface area contributed by atoms with Crippen molar-refractivity contribution in [3.8, 4) is 17.2 Å². The molecule has 3 aromatic carbocycles. The maximum atomic E-state index is 12.4. The number of hydrogen-bond acceptors (Lipinski definition) is 7. The fourth-order valence-corrected chi connectivity index (χ4v) is 3.64. The van der Waals surface area contributed by atoms with E-state index in [-0.39, 0.29) is 18.2 Å². The Kier molecular flexibility index (Phi) is 10.2. The summed E-state index contributed by atoms with van der Waals surface area (Å²) in [5, 5.41) is 6.72. The number of nitrogens with one attached hydrogen (secondary N) is 2. The van der Waals surface area contributed by atoms with Crippen molar-refractivity contribution in [3.63, 3.8) is 0 Å². The van der Waals surface area contributed by atoms with E-state index in [9.17, 15) is 14.4 Å². The predicted octanol–water partition coefficient (Wildman–Crippen LogP) is 4.35. The van der Waals surface area contributed by atoms with Crippen LogP contribution < -0.4 is 25.0 Å². The average Bonchev–Trinajstić information content (AvgIpc) is 2.91. The van der Waals surface area contributed by atoms with E-state index < -0.39 is 5.97 Å². The van der Waals surface area contributed by atoms with Crippen molar-refractivity contribution in [1.82, 2.24) is 10.7 Å². The van der Waals surface area contributed by atoms with E-state index in [4.69, 9.17) is 14.2 Å². The highest BCUT2D eigenvalue weighted by Gasteiger charge is 2.13. The van der Waals surface area contributed by atoms with Gasteiger partial charge in [0.25, 0.3) is 5.91 Å². The first-order valence-electron chi connectivity index (χ1n) is 11.3. The van der Waals surface area contributed by atoms with E-state index in [0.29, 0.717) is 51.4 Å². The highest BCUT2D eigenvalue weighted by molar-refractivity contribution is 9.10. The SMILES string of the molecule is COc1ccc(C(=O)Oc2ccc(C=NNC(=O)CCCNC(=O)c3ccccc3Br)cc2)cc1OC. The molecule has 3 rings (SSSR count). The van der Waals surface area contributed by atoms with Gasteiger partial charge in [0, 0.05) is 17.4 Å². The van der Waals surface area contributed by atoms with Crippen LogP contribution >= 0.6 is 15.9 Å². The summed E-state index contributed by atoms with van der Waals surface area (Å²) in [6, 6.07) is 18.5. The molecule has 0 saturated heterocycles. The van der Waals surface area contributed by atoms with Crippen molar-refractivity contribution in [2.75, 3.05) is 20.8 Å². The maximum Gasteiger partial charge on any atom is 0.343 e. The third-order valence-corrected chi connectivity index (χ3v) is 5.79. The molecule has 0 radical (unpaired) electrons. The van der Waals surface area contributed by atoms with Gasteiger partial charge in [0.2, 0.25) is 5.91 Å². The zero-order chi connectivity index (χ0) is 26.6. The monoisotopic (exact) mass is 567 g/mol. The Bertz CT molecular complexity index is 1280. The summed E-state index contributed by atoms with van der Waals surface area (Å²) >= 11 is 3.34. The summed E-state index contributed by atoms with van der Waals surface area (Å²) in [5.74, 6) is 0.275. The second kappa shape index (κ2) is 13.8. The first kappa shape index (κ1) is 27.4. The third kappa shape index (κ3) is 8.18. The largest absolute Gasteiger partial charge is 0.493 e. The van der Waals surface area contributed by atoms with E-state index in [1.165, 1.54) is 20.4 Å². The van der Waals surface area contributed by atoms with E-state index in [1.807, 2.05) is 6.07 Å². The summed E-state index contributed by atoms with van der Waals surface area (Å²) in [7, 11) is 3.00. The normalized spacial score (nSPS) is 10.6. The molecule has 0 aliphatic heterocycles. The van der Waals surface area contributed by atoms with E-state index in [1.54, 1.807) is 60.7 Å². The van der Waals surface area contributed by atoms with Crippen LogP contribution in [0.15, 0.2) is 76.3 Å². The molecule has 192 valence electrons. The van der Waals surface area contributed by atoms with Crippen LogP contribution in [0, 0.1) is 0 Å². The lowest BCUT2D eigenvalue weighted by Gasteiger charge is -2.09. The molecular weight excluding hydrogens is 542 g/mol. The summed E-state index contributed by atoms with van der Waals surface area (Å²) in [5.41, 5.74) is 4.01. The average molecular weight is 568 g/mol. The zero-order valence-electron chi connectivity index (χ0n) is 20.3. The fourth-order valence-electron chi connectivity index (χ4n) is 3.18. The number of ether oxygens (including phenoxy) is 3. The number of hydrazone groups is 1. The van der Waals surface area contributed by atoms with Crippen LogP contribution in [0.3, 0.4) is 0 Å². The van der Waals surface area contributed by atoms with Gasteiger partial charge in [-0.3, -0.25) is 9.59 Å². The lowest BCUT2D eigenvalue weighted by atomic mass is 10.2. The van der Waals surface area contributed by atoms with Gasteiger partial charge in [0.15, 0.2) is 11.5 Å².